The van der Waals surface area contributed by atoms with Crippen LogP contribution in [-0.4, -0.2) is 60.4 Å². The summed E-state index contributed by atoms with van der Waals surface area (Å²) >= 11 is 6.18. The molecule has 1 aromatic rings. The van der Waals surface area contributed by atoms with Crippen LogP contribution in [0, 0.1) is 5.92 Å². The molecule has 8 heteroatoms. The van der Waals surface area contributed by atoms with Crippen LogP contribution in [0.3, 0.4) is 0 Å². The van der Waals surface area contributed by atoms with Gasteiger partial charge in [-0.05, 0) is 50.3 Å². The Hall–Kier alpha value is -1.15. The first kappa shape index (κ1) is 19.6. The lowest BCUT2D eigenvalue weighted by molar-refractivity contribution is 0.0572. The molecule has 0 spiro atoms. The standard InChI is InChI=1S/C18H25ClN2O4S/c1-13-4-3-8-21(11-13)26(24,25)16-10-14(5-6-15(16)19)17(22)20-9-7-18(2,23)12-20/h5-6,10,13,23H,3-4,7-9,11-12H2,1-2H3. The highest BCUT2D eigenvalue weighted by Crippen LogP contribution is 2.30. The topological polar surface area (TPSA) is 77.9 Å². The number of sulfonamides is 1. The summed E-state index contributed by atoms with van der Waals surface area (Å²) in [5.41, 5.74) is -0.628. The van der Waals surface area contributed by atoms with Crippen molar-refractivity contribution >= 4 is 27.5 Å². The Morgan fingerprint density at radius 2 is 2.08 bits per heavy atom. The lowest BCUT2D eigenvalue weighted by Gasteiger charge is -2.30. The number of hydrogen-bond acceptors (Lipinski definition) is 4. The van der Waals surface area contributed by atoms with Crippen LogP contribution in [0.1, 0.15) is 43.5 Å². The maximum Gasteiger partial charge on any atom is 0.253 e. The SMILES string of the molecule is CC1CCCN(S(=O)(=O)c2cc(C(=O)N3CCC(C)(O)C3)ccc2Cl)C1. The number of benzene rings is 1. The van der Waals surface area contributed by atoms with Crippen molar-refractivity contribution in [1.82, 2.24) is 9.21 Å². The Kier molecular flexibility index (Phi) is 5.36. The number of piperidine rings is 1. The van der Waals surface area contributed by atoms with Crippen molar-refractivity contribution in [3.8, 4) is 0 Å². The molecule has 2 aliphatic heterocycles. The summed E-state index contributed by atoms with van der Waals surface area (Å²) < 4.78 is 27.5. The molecule has 0 saturated carbocycles. The van der Waals surface area contributed by atoms with Gasteiger partial charge in [0.25, 0.3) is 5.91 Å². The molecule has 0 radical (unpaired) electrons. The van der Waals surface area contributed by atoms with Crippen molar-refractivity contribution in [3.63, 3.8) is 0 Å². The maximum absolute atomic E-state index is 13.0. The number of likely N-dealkylation sites (tertiary alicyclic amines) is 1. The van der Waals surface area contributed by atoms with Crippen LogP contribution in [0.15, 0.2) is 23.1 Å². The lowest BCUT2D eigenvalue weighted by atomic mass is 10.0. The molecule has 1 aromatic carbocycles. The molecule has 2 heterocycles. The van der Waals surface area contributed by atoms with Gasteiger partial charge in [0.05, 0.1) is 10.6 Å². The quantitative estimate of drug-likeness (QED) is 0.844. The average Bonchev–Trinajstić information content (AvgIpc) is 2.94. The van der Waals surface area contributed by atoms with E-state index in [1.807, 2.05) is 6.92 Å². The van der Waals surface area contributed by atoms with Crippen LogP contribution in [0.5, 0.6) is 0 Å². The van der Waals surface area contributed by atoms with Gasteiger partial charge >= 0.3 is 0 Å². The van der Waals surface area contributed by atoms with Crippen molar-refractivity contribution in [3.05, 3.63) is 28.8 Å². The average molecular weight is 401 g/mol. The first-order chi connectivity index (χ1) is 12.1. The Balaban J connectivity index is 1.89. The highest BCUT2D eigenvalue weighted by molar-refractivity contribution is 7.89. The van der Waals surface area contributed by atoms with Gasteiger partial charge < -0.3 is 10.0 Å². The lowest BCUT2D eigenvalue weighted by Crippen LogP contribution is -2.39. The first-order valence-electron chi connectivity index (χ1n) is 8.91. The number of halogens is 1. The van der Waals surface area contributed by atoms with E-state index in [1.54, 1.807) is 11.8 Å². The molecule has 1 amide bonds. The van der Waals surface area contributed by atoms with E-state index in [2.05, 4.69) is 0 Å². The van der Waals surface area contributed by atoms with E-state index in [0.29, 0.717) is 32.0 Å². The number of β-amino-alcohol motifs (C(OH)–C–C–N with tert-alkyl or cyclic N) is 1. The van der Waals surface area contributed by atoms with Gasteiger partial charge in [-0.25, -0.2) is 8.42 Å². The fourth-order valence-electron chi connectivity index (χ4n) is 3.64. The Labute approximate surface area is 159 Å². The van der Waals surface area contributed by atoms with Crippen LogP contribution >= 0.6 is 11.6 Å². The van der Waals surface area contributed by atoms with Gasteiger partial charge in [-0.15, -0.1) is 0 Å². The van der Waals surface area contributed by atoms with Gasteiger partial charge in [0.15, 0.2) is 0 Å². The minimum Gasteiger partial charge on any atom is -0.388 e. The Morgan fingerprint density at radius 3 is 2.69 bits per heavy atom. The van der Waals surface area contributed by atoms with E-state index in [9.17, 15) is 18.3 Å². The highest BCUT2D eigenvalue weighted by Gasteiger charge is 2.35. The molecule has 0 aromatic heterocycles. The van der Waals surface area contributed by atoms with E-state index < -0.39 is 15.6 Å². The zero-order chi connectivity index (χ0) is 19.1. The van der Waals surface area contributed by atoms with Gasteiger partial charge in [-0.1, -0.05) is 18.5 Å². The third-order valence-electron chi connectivity index (χ3n) is 5.15. The molecule has 26 heavy (non-hydrogen) atoms. The number of amides is 1. The first-order valence-corrected chi connectivity index (χ1v) is 10.7. The number of rotatable bonds is 3. The predicted molar refractivity (Wildman–Crippen MR) is 99.8 cm³/mol. The third-order valence-corrected chi connectivity index (χ3v) is 7.50. The molecule has 2 saturated heterocycles. The maximum atomic E-state index is 13.0. The van der Waals surface area contributed by atoms with E-state index in [0.717, 1.165) is 12.8 Å². The molecule has 0 bridgehead atoms. The largest absolute Gasteiger partial charge is 0.388 e. The zero-order valence-corrected chi connectivity index (χ0v) is 16.7. The number of nitrogens with zero attached hydrogens (tertiary/aromatic N) is 2. The van der Waals surface area contributed by atoms with E-state index in [1.165, 1.54) is 22.5 Å². The summed E-state index contributed by atoms with van der Waals surface area (Å²) in [5.74, 6) is 0.0110. The van der Waals surface area contributed by atoms with Crippen molar-refractivity contribution in [2.75, 3.05) is 26.2 Å². The second-order valence-electron chi connectivity index (χ2n) is 7.73. The van der Waals surface area contributed by atoms with Crippen LogP contribution in [0.4, 0.5) is 0 Å². The smallest absolute Gasteiger partial charge is 0.253 e. The third kappa shape index (κ3) is 3.91. The number of carbonyl (C=O) groups excluding carboxylic acids is 1. The van der Waals surface area contributed by atoms with Crippen LogP contribution in [-0.2, 0) is 10.0 Å². The molecule has 6 nitrogen and oxygen atoms in total. The van der Waals surface area contributed by atoms with Gasteiger partial charge in [-0.2, -0.15) is 4.31 Å². The summed E-state index contributed by atoms with van der Waals surface area (Å²) in [6.45, 7) is 5.33. The number of hydrogen-bond donors (Lipinski definition) is 1. The number of aliphatic hydroxyl groups is 1. The summed E-state index contributed by atoms with van der Waals surface area (Å²) in [5, 5.41) is 10.2. The Bertz CT molecular complexity index is 809. The van der Waals surface area contributed by atoms with Gasteiger partial charge in [0.1, 0.15) is 4.90 Å². The fraction of sp³-hybridized carbons (Fsp3) is 0.611. The van der Waals surface area contributed by atoms with Crippen molar-refractivity contribution < 1.29 is 18.3 Å². The molecule has 2 fully saturated rings. The summed E-state index contributed by atoms with van der Waals surface area (Å²) in [6, 6.07) is 4.37. The van der Waals surface area contributed by atoms with E-state index in [-0.39, 0.29) is 27.9 Å². The molecule has 144 valence electrons. The highest BCUT2D eigenvalue weighted by atomic mass is 35.5. The second-order valence-corrected chi connectivity index (χ2v) is 10.0. The predicted octanol–water partition coefficient (Wildman–Crippen LogP) is 2.36. The second kappa shape index (κ2) is 7.11. The van der Waals surface area contributed by atoms with Gasteiger partial charge in [-0.3, -0.25) is 4.79 Å². The summed E-state index contributed by atoms with van der Waals surface area (Å²) in [6.07, 6.45) is 2.33. The van der Waals surface area contributed by atoms with Crippen molar-refractivity contribution in [2.24, 2.45) is 5.92 Å². The van der Waals surface area contributed by atoms with Crippen LogP contribution < -0.4 is 0 Å². The molecular formula is C18H25ClN2O4S. The van der Waals surface area contributed by atoms with Crippen LogP contribution in [0.25, 0.3) is 0 Å². The molecule has 0 aliphatic carbocycles. The summed E-state index contributed by atoms with van der Waals surface area (Å²) in [7, 11) is -3.75. The van der Waals surface area contributed by atoms with Crippen molar-refractivity contribution in [1.29, 1.82) is 0 Å². The fourth-order valence-corrected chi connectivity index (χ4v) is 5.74. The molecule has 2 atom stereocenters. The van der Waals surface area contributed by atoms with Crippen molar-refractivity contribution in [2.45, 2.75) is 43.6 Å². The molecule has 2 unspecified atom stereocenters. The molecule has 2 aliphatic rings. The minimum atomic E-state index is -3.75. The number of carbonyl (C=O) groups is 1. The normalized spacial score (nSPS) is 27.7. The molecule has 3 rings (SSSR count). The van der Waals surface area contributed by atoms with E-state index in [4.69, 9.17) is 11.6 Å². The zero-order valence-electron chi connectivity index (χ0n) is 15.1. The molecule has 1 N–H and O–H groups in total. The minimum absolute atomic E-state index is 0.0231. The van der Waals surface area contributed by atoms with Gasteiger partial charge in [0.2, 0.25) is 10.0 Å². The van der Waals surface area contributed by atoms with E-state index >= 15 is 0 Å². The Morgan fingerprint density at radius 1 is 1.35 bits per heavy atom. The summed E-state index contributed by atoms with van der Waals surface area (Å²) in [4.78, 5) is 14.2. The molecular weight excluding hydrogens is 376 g/mol. The monoisotopic (exact) mass is 400 g/mol. The van der Waals surface area contributed by atoms with Gasteiger partial charge in [0, 0.05) is 31.7 Å². The van der Waals surface area contributed by atoms with Crippen LogP contribution in [0.2, 0.25) is 5.02 Å².